The molecule has 1 aliphatic rings. The van der Waals surface area contributed by atoms with Crippen molar-refractivity contribution >= 4 is 22.6 Å². The molecule has 2 heterocycles. The van der Waals surface area contributed by atoms with Gasteiger partial charge in [-0.1, -0.05) is 32.0 Å². The zero-order valence-electron chi connectivity index (χ0n) is 16.8. The van der Waals surface area contributed by atoms with Crippen LogP contribution in [0.4, 0.5) is 0 Å². The second kappa shape index (κ2) is 8.12. The Kier molecular flexibility index (Phi) is 5.82. The molecule has 0 saturated carbocycles. The normalized spacial score (nSPS) is 19.8. The van der Waals surface area contributed by atoms with Crippen molar-refractivity contribution in [3.8, 4) is 0 Å². The molecule has 1 aliphatic heterocycles. The number of esters is 1. The van der Waals surface area contributed by atoms with E-state index in [2.05, 4.69) is 18.9 Å². The van der Waals surface area contributed by atoms with Crippen molar-refractivity contribution < 1.29 is 14.3 Å². The van der Waals surface area contributed by atoms with Crippen LogP contribution in [0.5, 0.6) is 0 Å². The molecule has 0 bridgehead atoms. The lowest BCUT2D eigenvalue weighted by Gasteiger charge is -2.34. The van der Waals surface area contributed by atoms with Crippen molar-refractivity contribution in [3.63, 3.8) is 0 Å². The number of carbonyl (C=O) groups excluding carboxylic acids is 2. The molecule has 3 rings (SSSR count). The van der Waals surface area contributed by atoms with Crippen molar-refractivity contribution in [2.45, 2.75) is 40.2 Å². The molecule has 1 aromatic carbocycles. The Morgan fingerprint density at radius 3 is 2.36 bits per heavy atom. The smallest absolute Gasteiger partial charge is 0.359 e. The molecule has 2 unspecified atom stereocenters. The Bertz CT molecular complexity index is 940. The Labute approximate surface area is 164 Å². The maximum absolute atomic E-state index is 12.7. The van der Waals surface area contributed by atoms with Crippen LogP contribution in [0.15, 0.2) is 29.1 Å². The van der Waals surface area contributed by atoms with Gasteiger partial charge in [-0.3, -0.25) is 9.59 Å². The number of hydrogen-bond donors (Lipinski definition) is 0. The number of piperidine rings is 1. The molecular weight excluding hydrogens is 358 g/mol. The highest BCUT2D eigenvalue weighted by Gasteiger charge is 2.27. The quantitative estimate of drug-likeness (QED) is 0.756. The molecule has 7 heteroatoms. The lowest BCUT2D eigenvalue weighted by Crippen LogP contribution is -2.44. The van der Waals surface area contributed by atoms with Crippen LogP contribution in [0.1, 0.15) is 50.6 Å². The topological polar surface area (TPSA) is 81.5 Å². The fourth-order valence-corrected chi connectivity index (χ4v) is 3.86. The van der Waals surface area contributed by atoms with Gasteiger partial charge in [0.25, 0.3) is 11.5 Å². The maximum atomic E-state index is 12.7. The third-order valence-electron chi connectivity index (χ3n) is 5.06. The zero-order chi connectivity index (χ0) is 20.4. The zero-order valence-corrected chi connectivity index (χ0v) is 16.8. The second-order valence-electron chi connectivity index (χ2n) is 8.06. The molecular formula is C21H27N3O4. The first kappa shape index (κ1) is 20.0. The van der Waals surface area contributed by atoms with Crippen LogP contribution >= 0.6 is 0 Å². The van der Waals surface area contributed by atoms with Gasteiger partial charge < -0.3 is 9.64 Å². The number of fused-ring (bicyclic) bond motifs is 1. The SMILES string of the molecule is CC1CC(C)CN(C(=O)COC(=O)c2nn(C(C)C)c(=O)c3ccccc23)C1. The number of carbonyl (C=O) groups is 2. The van der Waals surface area contributed by atoms with E-state index < -0.39 is 5.97 Å². The third-order valence-corrected chi connectivity index (χ3v) is 5.06. The first-order valence-corrected chi connectivity index (χ1v) is 9.74. The molecule has 1 aromatic heterocycles. The Hall–Kier alpha value is -2.70. The summed E-state index contributed by atoms with van der Waals surface area (Å²) in [5, 5.41) is 5.06. The lowest BCUT2D eigenvalue weighted by atomic mass is 9.92. The average molecular weight is 385 g/mol. The van der Waals surface area contributed by atoms with Crippen LogP contribution in [0.25, 0.3) is 10.8 Å². The van der Waals surface area contributed by atoms with Gasteiger partial charge in [-0.25, -0.2) is 9.48 Å². The minimum atomic E-state index is -0.697. The van der Waals surface area contributed by atoms with E-state index >= 15 is 0 Å². The van der Waals surface area contributed by atoms with Gasteiger partial charge >= 0.3 is 5.97 Å². The van der Waals surface area contributed by atoms with Gasteiger partial charge in [-0.2, -0.15) is 5.10 Å². The number of nitrogens with zero attached hydrogens (tertiary/aromatic N) is 3. The number of likely N-dealkylation sites (tertiary alicyclic amines) is 1. The summed E-state index contributed by atoms with van der Waals surface area (Å²) in [4.78, 5) is 39.5. The summed E-state index contributed by atoms with van der Waals surface area (Å²) in [6.07, 6.45) is 1.09. The van der Waals surface area contributed by atoms with Crippen molar-refractivity contribution in [2.75, 3.05) is 19.7 Å². The summed E-state index contributed by atoms with van der Waals surface area (Å²) in [6, 6.07) is 6.60. The molecule has 1 amide bonds. The second-order valence-corrected chi connectivity index (χ2v) is 8.06. The summed E-state index contributed by atoms with van der Waals surface area (Å²) in [6.45, 7) is 8.91. The fourth-order valence-electron chi connectivity index (χ4n) is 3.86. The van der Waals surface area contributed by atoms with Crippen molar-refractivity contribution in [1.29, 1.82) is 0 Å². The van der Waals surface area contributed by atoms with Crippen LogP contribution < -0.4 is 5.56 Å². The number of aromatic nitrogens is 2. The van der Waals surface area contributed by atoms with E-state index in [1.165, 1.54) is 4.68 Å². The number of ether oxygens (including phenoxy) is 1. The third kappa shape index (κ3) is 4.08. The summed E-state index contributed by atoms with van der Waals surface area (Å²) >= 11 is 0. The molecule has 1 saturated heterocycles. The molecule has 0 radical (unpaired) electrons. The molecule has 0 aliphatic carbocycles. The lowest BCUT2D eigenvalue weighted by molar-refractivity contribution is -0.137. The highest BCUT2D eigenvalue weighted by Crippen LogP contribution is 2.21. The first-order chi connectivity index (χ1) is 13.3. The van der Waals surface area contributed by atoms with E-state index in [0.717, 1.165) is 6.42 Å². The summed E-state index contributed by atoms with van der Waals surface area (Å²) < 4.78 is 6.56. The van der Waals surface area contributed by atoms with E-state index in [1.54, 1.807) is 29.2 Å². The van der Waals surface area contributed by atoms with Gasteiger partial charge in [0.1, 0.15) is 0 Å². The van der Waals surface area contributed by atoms with E-state index in [1.807, 2.05) is 13.8 Å². The number of rotatable bonds is 4. The highest BCUT2D eigenvalue weighted by atomic mass is 16.5. The van der Waals surface area contributed by atoms with Gasteiger partial charge in [-0.05, 0) is 38.2 Å². The molecule has 2 atom stereocenters. The Morgan fingerprint density at radius 2 is 1.75 bits per heavy atom. The Morgan fingerprint density at radius 1 is 1.14 bits per heavy atom. The average Bonchev–Trinajstić information content (AvgIpc) is 2.65. The number of benzene rings is 1. The first-order valence-electron chi connectivity index (χ1n) is 9.74. The van der Waals surface area contributed by atoms with Gasteiger partial charge in [0.15, 0.2) is 12.3 Å². The van der Waals surface area contributed by atoms with Gasteiger partial charge in [0, 0.05) is 18.5 Å². The minimum Gasteiger partial charge on any atom is -0.451 e. The number of amides is 1. The largest absolute Gasteiger partial charge is 0.451 e. The maximum Gasteiger partial charge on any atom is 0.359 e. The van der Waals surface area contributed by atoms with E-state index in [4.69, 9.17) is 4.74 Å². The standard InChI is InChI=1S/C21H27N3O4/c1-13(2)24-20(26)17-8-6-5-7-16(17)19(22-24)21(27)28-12-18(25)23-10-14(3)9-15(4)11-23/h5-8,13-15H,9-12H2,1-4H3. The van der Waals surface area contributed by atoms with E-state index in [-0.39, 0.29) is 29.8 Å². The van der Waals surface area contributed by atoms with Crippen molar-refractivity contribution in [1.82, 2.24) is 14.7 Å². The van der Waals surface area contributed by atoms with Crippen molar-refractivity contribution in [3.05, 3.63) is 40.3 Å². The minimum absolute atomic E-state index is 0.0529. The molecule has 0 spiro atoms. The Balaban J connectivity index is 1.81. The van der Waals surface area contributed by atoms with Crippen LogP contribution in [0.3, 0.4) is 0 Å². The van der Waals surface area contributed by atoms with Gasteiger partial charge in [-0.15, -0.1) is 0 Å². The fraction of sp³-hybridized carbons (Fsp3) is 0.524. The summed E-state index contributed by atoms with van der Waals surface area (Å²) in [7, 11) is 0. The highest BCUT2D eigenvalue weighted by molar-refractivity contribution is 6.02. The molecule has 0 N–H and O–H groups in total. The molecule has 2 aromatic rings. The number of hydrogen-bond acceptors (Lipinski definition) is 5. The monoisotopic (exact) mass is 385 g/mol. The molecule has 7 nitrogen and oxygen atoms in total. The predicted molar refractivity (Wildman–Crippen MR) is 106 cm³/mol. The van der Waals surface area contributed by atoms with Crippen LogP contribution in [0, 0.1) is 11.8 Å². The molecule has 1 fully saturated rings. The summed E-state index contributed by atoms with van der Waals surface area (Å²) in [5.41, 5.74) is -0.202. The molecule has 150 valence electrons. The molecule has 28 heavy (non-hydrogen) atoms. The van der Waals surface area contributed by atoms with Crippen LogP contribution in [-0.2, 0) is 9.53 Å². The van der Waals surface area contributed by atoms with Gasteiger partial charge in [0.05, 0.1) is 11.4 Å². The van der Waals surface area contributed by atoms with Gasteiger partial charge in [0.2, 0.25) is 0 Å². The van der Waals surface area contributed by atoms with Crippen LogP contribution in [0.2, 0.25) is 0 Å². The van der Waals surface area contributed by atoms with E-state index in [0.29, 0.717) is 35.7 Å². The summed E-state index contributed by atoms with van der Waals surface area (Å²) in [5.74, 6) is -0.0301. The van der Waals surface area contributed by atoms with Crippen molar-refractivity contribution in [2.24, 2.45) is 11.8 Å². The van der Waals surface area contributed by atoms with Crippen LogP contribution in [-0.4, -0.2) is 46.3 Å². The van der Waals surface area contributed by atoms with E-state index in [9.17, 15) is 14.4 Å². The predicted octanol–water partition coefficient (Wildman–Crippen LogP) is 2.64.